The Morgan fingerprint density at radius 3 is 2.86 bits per heavy atom. The number of hydrogen-bond acceptors (Lipinski definition) is 5. The molecule has 2 bridgehead atoms. The molecule has 2 unspecified atom stereocenters. The van der Waals surface area contributed by atoms with E-state index in [1.165, 1.54) is 6.42 Å². The van der Waals surface area contributed by atoms with Crippen molar-refractivity contribution in [3.63, 3.8) is 0 Å². The number of nitrogens with zero attached hydrogens (tertiary/aromatic N) is 2. The van der Waals surface area contributed by atoms with Crippen molar-refractivity contribution < 1.29 is 19.1 Å². The van der Waals surface area contributed by atoms with Gasteiger partial charge >= 0.3 is 0 Å². The second-order valence-corrected chi connectivity index (χ2v) is 8.41. The molecular formula is C22H31N3O4. The minimum atomic E-state index is 0.0326. The second kappa shape index (κ2) is 9.03. The molecule has 1 N–H and O–H groups in total. The lowest BCUT2D eigenvalue weighted by atomic mass is 9.76. The van der Waals surface area contributed by atoms with Crippen molar-refractivity contribution in [3.05, 3.63) is 24.3 Å². The molecule has 3 fully saturated rings. The van der Waals surface area contributed by atoms with E-state index in [1.54, 1.807) is 7.11 Å². The summed E-state index contributed by atoms with van der Waals surface area (Å²) in [6.45, 7) is 3.96. The van der Waals surface area contributed by atoms with Gasteiger partial charge in [0.25, 0.3) is 0 Å². The molecule has 0 aromatic heterocycles. The maximum Gasteiger partial charge on any atom is 0.234 e. The van der Waals surface area contributed by atoms with Gasteiger partial charge in [0.05, 0.1) is 20.2 Å². The van der Waals surface area contributed by atoms with Crippen molar-refractivity contribution in [2.45, 2.75) is 31.7 Å². The number of hydrogen-bond donors (Lipinski definition) is 1. The van der Waals surface area contributed by atoms with Crippen LogP contribution >= 0.6 is 0 Å². The molecule has 3 aliphatic rings. The van der Waals surface area contributed by atoms with Gasteiger partial charge in [-0.2, -0.15) is 0 Å². The Labute approximate surface area is 172 Å². The van der Waals surface area contributed by atoms with E-state index >= 15 is 0 Å². The minimum absolute atomic E-state index is 0.0326. The average Bonchev–Trinajstić information content (AvgIpc) is 2.72. The van der Waals surface area contributed by atoms with Gasteiger partial charge in [-0.25, -0.2) is 0 Å². The van der Waals surface area contributed by atoms with Crippen molar-refractivity contribution in [3.8, 4) is 11.5 Å². The molecular weight excluding hydrogens is 370 g/mol. The fraction of sp³-hybridized carbons (Fsp3) is 0.636. The Balaban J connectivity index is 1.21. The number of nitrogens with one attached hydrogen (secondary N) is 1. The fourth-order valence-electron chi connectivity index (χ4n) is 5.19. The maximum atomic E-state index is 12.4. The van der Waals surface area contributed by atoms with Crippen LogP contribution in [-0.2, 0) is 9.59 Å². The third kappa shape index (κ3) is 4.66. The maximum absolute atomic E-state index is 12.4. The highest BCUT2D eigenvalue weighted by atomic mass is 16.5. The molecule has 0 radical (unpaired) electrons. The van der Waals surface area contributed by atoms with Crippen LogP contribution in [0.5, 0.6) is 11.5 Å². The number of carbonyl (C=O) groups is 2. The Hall–Kier alpha value is -2.28. The molecule has 3 heterocycles. The topological polar surface area (TPSA) is 71.1 Å². The quantitative estimate of drug-likeness (QED) is 0.702. The molecule has 2 amide bonds. The molecule has 0 spiro atoms. The number of para-hydroxylation sites is 2. The standard InChI is InChI=1S/C22H31N3O4/c1-28-19-6-2-3-7-20(19)29-10-9-23-21(26)15-24-12-16-11-17(14-24)18-5-4-8-22(27)25(18)13-16/h2-3,6-7,16-18H,4-5,8-15H2,1H3,(H,23,26)/t16?,17?,18-/m1/s1. The molecule has 158 valence electrons. The predicted molar refractivity (Wildman–Crippen MR) is 109 cm³/mol. The second-order valence-electron chi connectivity index (χ2n) is 8.41. The van der Waals surface area contributed by atoms with Crippen molar-refractivity contribution >= 4 is 11.8 Å². The molecule has 3 saturated heterocycles. The Kier molecular flexibility index (Phi) is 6.23. The molecule has 7 nitrogen and oxygen atoms in total. The van der Waals surface area contributed by atoms with Crippen LogP contribution in [0.2, 0.25) is 0 Å². The summed E-state index contributed by atoms with van der Waals surface area (Å²) in [5.74, 6) is 2.73. The summed E-state index contributed by atoms with van der Waals surface area (Å²) in [7, 11) is 1.61. The molecule has 7 heteroatoms. The molecule has 0 aliphatic carbocycles. The van der Waals surface area contributed by atoms with Crippen molar-refractivity contribution in [2.75, 3.05) is 46.4 Å². The highest BCUT2D eigenvalue weighted by Gasteiger charge is 2.43. The van der Waals surface area contributed by atoms with Crippen LogP contribution in [0.25, 0.3) is 0 Å². The van der Waals surface area contributed by atoms with Gasteiger partial charge in [0.2, 0.25) is 11.8 Å². The highest BCUT2D eigenvalue weighted by Crippen LogP contribution is 2.37. The van der Waals surface area contributed by atoms with Gasteiger partial charge in [0, 0.05) is 32.1 Å². The van der Waals surface area contributed by atoms with Gasteiger partial charge < -0.3 is 19.7 Å². The van der Waals surface area contributed by atoms with Crippen LogP contribution in [0.4, 0.5) is 0 Å². The predicted octanol–water partition coefficient (Wildman–Crippen LogP) is 1.52. The van der Waals surface area contributed by atoms with Crippen molar-refractivity contribution in [1.82, 2.24) is 15.1 Å². The first-order valence-corrected chi connectivity index (χ1v) is 10.7. The normalized spacial score (nSPS) is 26.6. The highest BCUT2D eigenvalue weighted by molar-refractivity contribution is 5.78. The summed E-state index contributed by atoms with van der Waals surface area (Å²) < 4.78 is 11.0. The summed E-state index contributed by atoms with van der Waals surface area (Å²) >= 11 is 0. The van der Waals surface area contributed by atoms with E-state index in [0.29, 0.717) is 61.4 Å². The molecule has 4 rings (SSSR count). The Bertz CT molecular complexity index is 741. The lowest BCUT2D eigenvalue weighted by Gasteiger charge is -2.52. The molecule has 0 saturated carbocycles. The monoisotopic (exact) mass is 401 g/mol. The number of amides is 2. The molecule has 1 aromatic carbocycles. The van der Waals surface area contributed by atoms with E-state index in [0.717, 1.165) is 32.5 Å². The van der Waals surface area contributed by atoms with Crippen molar-refractivity contribution in [1.29, 1.82) is 0 Å². The SMILES string of the molecule is COc1ccccc1OCCNC(=O)CN1CC2CC(C1)[C@H]1CCCC(=O)N1C2. The molecule has 29 heavy (non-hydrogen) atoms. The van der Waals surface area contributed by atoms with E-state index in [-0.39, 0.29) is 5.91 Å². The third-order valence-corrected chi connectivity index (χ3v) is 6.37. The first kappa shape index (κ1) is 20.0. The van der Waals surface area contributed by atoms with Crippen LogP contribution in [-0.4, -0.2) is 74.1 Å². The zero-order valence-electron chi connectivity index (χ0n) is 17.1. The number of fused-ring (bicyclic) bond motifs is 4. The van der Waals surface area contributed by atoms with Crippen molar-refractivity contribution in [2.24, 2.45) is 11.8 Å². The first-order valence-electron chi connectivity index (χ1n) is 10.7. The van der Waals surface area contributed by atoms with Gasteiger partial charge in [-0.15, -0.1) is 0 Å². The van der Waals surface area contributed by atoms with E-state index in [1.807, 2.05) is 24.3 Å². The number of methoxy groups -OCH3 is 1. The van der Waals surface area contributed by atoms with Crippen LogP contribution in [0.1, 0.15) is 25.7 Å². The summed E-state index contributed by atoms with van der Waals surface area (Å²) in [6.07, 6.45) is 4.02. The Morgan fingerprint density at radius 1 is 1.21 bits per heavy atom. The number of rotatable bonds is 7. The fourth-order valence-corrected chi connectivity index (χ4v) is 5.19. The molecule has 1 aromatic rings. The molecule has 3 atom stereocenters. The molecule has 3 aliphatic heterocycles. The summed E-state index contributed by atoms with van der Waals surface area (Å²) in [4.78, 5) is 29.0. The summed E-state index contributed by atoms with van der Waals surface area (Å²) in [5, 5.41) is 2.96. The Morgan fingerprint density at radius 2 is 2.03 bits per heavy atom. The van der Waals surface area contributed by atoms with E-state index in [4.69, 9.17) is 9.47 Å². The number of likely N-dealkylation sites (tertiary alicyclic amines) is 1. The van der Waals surface area contributed by atoms with Gasteiger partial charge in [-0.3, -0.25) is 14.5 Å². The average molecular weight is 402 g/mol. The third-order valence-electron chi connectivity index (χ3n) is 6.37. The zero-order valence-corrected chi connectivity index (χ0v) is 17.1. The van der Waals surface area contributed by atoms with Crippen LogP contribution in [0, 0.1) is 11.8 Å². The number of benzene rings is 1. The van der Waals surface area contributed by atoms with E-state index < -0.39 is 0 Å². The minimum Gasteiger partial charge on any atom is -0.493 e. The van der Waals surface area contributed by atoms with Crippen LogP contribution in [0.3, 0.4) is 0 Å². The summed E-state index contributed by atoms with van der Waals surface area (Å²) in [5.41, 5.74) is 0. The number of carbonyl (C=O) groups excluding carboxylic acids is 2. The first-order chi connectivity index (χ1) is 14.1. The van der Waals surface area contributed by atoms with Gasteiger partial charge in [0.15, 0.2) is 11.5 Å². The summed E-state index contributed by atoms with van der Waals surface area (Å²) in [6, 6.07) is 7.87. The number of piperidine rings is 3. The van der Waals surface area contributed by atoms with Crippen LogP contribution in [0.15, 0.2) is 24.3 Å². The van der Waals surface area contributed by atoms with Gasteiger partial charge in [0.1, 0.15) is 6.61 Å². The zero-order chi connectivity index (χ0) is 20.2. The number of ether oxygens (including phenoxy) is 2. The smallest absolute Gasteiger partial charge is 0.234 e. The van der Waals surface area contributed by atoms with Gasteiger partial charge in [-0.1, -0.05) is 12.1 Å². The lowest BCUT2D eigenvalue weighted by molar-refractivity contribution is -0.145. The van der Waals surface area contributed by atoms with Crippen LogP contribution < -0.4 is 14.8 Å². The van der Waals surface area contributed by atoms with E-state index in [2.05, 4.69) is 15.1 Å². The van der Waals surface area contributed by atoms with Gasteiger partial charge in [-0.05, 0) is 43.2 Å². The lowest BCUT2D eigenvalue weighted by Crippen LogP contribution is -2.61. The largest absolute Gasteiger partial charge is 0.493 e. The van der Waals surface area contributed by atoms with E-state index in [9.17, 15) is 9.59 Å².